The van der Waals surface area contributed by atoms with Gasteiger partial charge in [0, 0.05) is 12.0 Å². The van der Waals surface area contributed by atoms with Crippen molar-refractivity contribution >= 4 is 29.0 Å². The molecule has 0 saturated heterocycles. The lowest BCUT2D eigenvalue weighted by molar-refractivity contribution is 0.0996. The molecule has 0 heterocycles. The first kappa shape index (κ1) is 13.9. The second-order valence-electron chi connectivity index (χ2n) is 4.06. The first-order valence-electron chi connectivity index (χ1n) is 5.86. The van der Waals surface area contributed by atoms with E-state index in [1.807, 2.05) is 54.6 Å². The molecule has 0 N–H and O–H groups in total. The van der Waals surface area contributed by atoms with Gasteiger partial charge >= 0.3 is 0 Å². The van der Waals surface area contributed by atoms with Gasteiger partial charge in [-0.3, -0.25) is 4.79 Å². The fourth-order valence-electron chi connectivity index (χ4n) is 1.77. The zero-order valence-corrected chi connectivity index (χ0v) is 11.7. The Morgan fingerprint density at radius 2 is 1.47 bits per heavy atom. The van der Waals surface area contributed by atoms with Gasteiger partial charge in [-0.1, -0.05) is 77.8 Å². The molecule has 2 rings (SSSR count). The molecular formula is C16H12Cl2O. The maximum absolute atomic E-state index is 11.8. The molecule has 0 aliphatic carbocycles. The molecule has 96 valence electrons. The topological polar surface area (TPSA) is 17.1 Å². The van der Waals surface area contributed by atoms with Gasteiger partial charge in [-0.05, 0) is 17.2 Å². The van der Waals surface area contributed by atoms with Crippen molar-refractivity contribution in [1.82, 2.24) is 0 Å². The highest BCUT2D eigenvalue weighted by atomic mass is 35.5. The second-order valence-corrected chi connectivity index (χ2v) is 5.07. The summed E-state index contributed by atoms with van der Waals surface area (Å²) in [6.45, 7) is 0. The zero-order chi connectivity index (χ0) is 13.7. The average Bonchev–Trinajstić information content (AvgIpc) is 2.46. The molecule has 0 atom stereocenters. The summed E-state index contributed by atoms with van der Waals surface area (Å²) in [5.41, 5.74) is 2.87. The first-order chi connectivity index (χ1) is 9.16. The molecule has 0 aromatic heterocycles. The van der Waals surface area contributed by atoms with E-state index in [1.165, 1.54) is 6.08 Å². The zero-order valence-electron chi connectivity index (χ0n) is 10.1. The van der Waals surface area contributed by atoms with Crippen LogP contribution >= 0.6 is 23.2 Å². The summed E-state index contributed by atoms with van der Waals surface area (Å²) >= 11 is 11.0. The molecule has 1 nitrogen and oxygen atoms in total. The highest BCUT2D eigenvalue weighted by Gasteiger charge is 2.05. The van der Waals surface area contributed by atoms with Crippen LogP contribution in [0.1, 0.15) is 16.8 Å². The number of halogens is 2. The number of hydrogen-bond donors (Lipinski definition) is 0. The molecule has 0 fully saturated rings. The normalized spacial score (nSPS) is 10.0. The Morgan fingerprint density at radius 3 is 2.05 bits per heavy atom. The van der Waals surface area contributed by atoms with Gasteiger partial charge in [0.1, 0.15) is 4.49 Å². The largest absolute Gasteiger partial charge is 0.294 e. The predicted molar refractivity (Wildman–Crippen MR) is 80.6 cm³/mol. The molecule has 0 spiro atoms. The maximum Gasteiger partial charge on any atom is 0.166 e. The van der Waals surface area contributed by atoms with E-state index in [0.29, 0.717) is 5.56 Å². The summed E-state index contributed by atoms with van der Waals surface area (Å²) in [7, 11) is 0. The van der Waals surface area contributed by atoms with E-state index in [1.54, 1.807) is 0 Å². The van der Waals surface area contributed by atoms with Crippen LogP contribution in [-0.2, 0) is 0 Å². The Bertz CT molecular complexity index is 582. The molecule has 0 amide bonds. The van der Waals surface area contributed by atoms with Gasteiger partial charge < -0.3 is 0 Å². The molecule has 2 aromatic rings. The summed E-state index contributed by atoms with van der Waals surface area (Å²) in [5, 5.41) is 0. The van der Waals surface area contributed by atoms with E-state index in [-0.39, 0.29) is 16.7 Å². The van der Waals surface area contributed by atoms with Crippen LogP contribution in [0.2, 0.25) is 0 Å². The van der Waals surface area contributed by atoms with Crippen molar-refractivity contribution in [3.05, 3.63) is 70.7 Å². The van der Waals surface area contributed by atoms with Crippen molar-refractivity contribution < 1.29 is 4.79 Å². The highest BCUT2D eigenvalue weighted by molar-refractivity contribution is 6.55. The highest BCUT2D eigenvalue weighted by Crippen LogP contribution is 2.20. The third kappa shape index (κ3) is 3.95. The van der Waals surface area contributed by atoms with Crippen LogP contribution in [-0.4, -0.2) is 5.78 Å². The lowest BCUT2D eigenvalue weighted by Crippen LogP contribution is -1.96. The van der Waals surface area contributed by atoms with E-state index in [2.05, 4.69) is 0 Å². The lowest BCUT2D eigenvalue weighted by atomic mass is 10.0. The Labute approximate surface area is 122 Å². The van der Waals surface area contributed by atoms with Crippen molar-refractivity contribution in [2.24, 2.45) is 0 Å². The van der Waals surface area contributed by atoms with Crippen LogP contribution in [0.4, 0.5) is 0 Å². The smallest absolute Gasteiger partial charge is 0.166 e. The lowest BCUT2D eigenvalue weighted by Gasteiger charge is -2.03. The second kappa shape index (κ2) is 6.55. The van der Waals surface area contributed by atoms with Gasteiger partial charge in [0.25, 0.3) is 0 Å². The van der Waals surface area contributed by atoms with Crippen LogP contribution < -0.4 is 0 Å². The van der Waals surface area contributed by atoms with Gasteiger partial charge in [0.15, 0.2) is 5.78 Å². The summed E-state index contributed by atoms with van der Waals surface area (Å²) in [6, 6.07) is 17.5. The fourth-order valence-corrected chi connectivity index (χ4v) is 1.92. The minimum absolute atomic E-state index is 0.00147. The molecule has 19 heavy (non-hydrogen) atoms. The number of ketones is 1. The van der Waals surface area contributed by atoms with E-state index in [9.17, 15) is 4.79 Å². The van der Waals surface area contributed by atoms with Crippen molar-refractivity contribution in [3.8, 4) is 11.1 Å². The van der Waals surface area contributed by atoms with Crippen LogP contribution in [0, 0.1) is 0 Å². The number of rotatable bonds is 4. The Kier molecular flexibility index (Phi) is 4.78. The van der Waals surface area contributed by atoms with Gasteiger partial charge in [0.05, 0.1) is 0 Å². The van der Waals surface area contributed by atoms with Crippen LogP contribution in [0.5, 0.6) is 0 Å². The van der Waals surface area contributed by atoms with Gasteiger partial charge in [-0.25, -0.2) is 0 Å². The number of allylic oxidation sites excluding steroid dienone is 1. The number of carbonyl (C=O) groups is 1. The van der Waals surface area contributed by atoms with E-state index < -0.39 is 0 Å². The third-order valence-electron chi connectivity index (χ3n) is 2.76. The number of Topliss-reactive ketones (excluding diaryl/α,β-unsaturated/α-hetero) is 1. The molecule has 2 aromatic carbocycles. The van der Waals surface area contributed by atoms with Gasteiger partial charge in [-0.15, -0.1) is 0 Å². The van der Waals surface area contributed by atoms with Crippen LogP contribution in [0.25, 0.3) is 11.1 Å². The van der Waals surface area contributed by atoms with Crippen molar-refractivity contribution in [1.29, 1.82) is 0 Å². The predicted octanol–water partition coefficient (Wildman–Crippen LogP) is 5.25. The Hall–Kier alpha value is -1.57. The minimum Gasteiger partial charge on any atom is -0.294 e. The molecule has 3 heteroatoms. The molecule has 0 bridgehead atoms. The van der Waals surface area contributed by atoms with Gasteiger partial charge in [0.2, 0.25) is 0 Å². The molecular weight excluding hydrogens is 279 g/mol. The summed E-state index contributed by atoms with van der Waals surface area (Å²) in [4.78, 5) is 11.8. The minimum atomic E-state index is -0.00147. The summed E-state index contributed by atoms with van der Waals surface area (Å²) < 4.78 is 0.120. The molecule has 0 aliphatic rings. The van der Waals surface area contributed by atoms with Crippen LogP contribution in [0.3, 0.4) is 0 Å². The monoisotopic (exact) mass is 290 g/mol. The molecule has 0 saturated carbocycles. The average molecular weight is 291 g/mol. The van der Waals surface area contributed by atoms with Crippen molar-refractivity contribution in [2.75, 3.05) is 0 Å². The Morgan fingerprint density at radius 1 is 0.895 bits per heavy atom. The van der Waals surface area contributed by atoms with E-state index in [0.717, 1.165) is 11.1 Å². The van der Waals surface area contributed by atoms with Crippen molar-refractivity contribution in [2.45, 2.75) is 6.42 Å². The fraction of sp³-hybridized carbons (Fsp3) is 0.0625. The molecule has 0 unspecified atom stereocenters. The number of benzene rings is 2. The van der Waals surface area contributed by atoms with Gasteiger partial charge in [-0.2, -0.15) is 0 Å². The number of hydrogen-bond acceptors (Lipinski definition) is 1. The molecule has 0 radical (unpaired) electrons. The quantitative estimate of drug-likeness (QED) is 0.703. The number of carbonyl (C=O) groups excluding carboxylic acids is 1. The third-order valence-corrected chi connectivity index (χ3v) is 3.06. The Balaban J connectivity index is 2.15. The van der Waals surface area contributed by atoms with E-state index in [4.69, 9.17) is 23.2 Å². The first-order valence-corrected chi connectivity index (χ1v) is 6.62. The standard InChI is InChI=1S/C16H12Cl2O/c17-16(18)11-10-15(19)14-8-6-13(7-9-14)12-4-2-1-3-5-12/h1-9,11H,10H2. The van der Waals surface area contributed by atoms with Crippen molar-refractivity contribution in [3.63, 3.8) is 0 Å². The van der Waals surface area contributed by atoms with Crippen LogP contribution in [0.15, 0.2) is 65.2 Å². The van der Waals surface area contributed by atoms with E-state index >= 15 is 0 Å². The molecule has 0 aliphatic heterocycles. The summed E-state index contributed by atoms with van der Waals surface area (Å²) in [5.74, 6) is -0.00147. The summed E-state index contributed by atoms with van der Waals surface area (Å²) in [6.07, 6.45) is 1.71. The SMILES string of the molecule is O=C(CC=C(Cl)Cl)c1ccc(-c2ccccc2)cc1. The maximum atomic E-state index is 11.8.